The summed E-state index contributed by atoms with van der Waals surface area (Å²) in [5.41, 5.74) is 0.141. The minimum atomic E-state index is -3.98. The molecule has 1 N–H and O–H groups in total. The first-order valence-electron chi connectivity index (χ1n) is 9.68. The maximum Gasteiger partial charge on any atom is 0.337 e. The zero-order valence-corrected chi connectivity index (χ0v) is 18.0. The molecule has 0 aliphatic heterocycles. The van der Waals surface area contributed by atoms with E-state index < -0.39 is 32.4 Å². The van der Waals surface area contributed by atoms with Gasteiger partial charge < -0.3 is 14.8 Å². The molecule has 0 radical (unpaired) electrons. The highest BCUT2D eigenvalue weighted by Gasteiger charge is 2.53. The third kappa shape index (κ3) is 4.18. The van der Waals surface area contributed by atoms with Gasteiger partial charge in [0.15, 0.2) is 14.6 Å². The quantitative estimate of drug-likeness (QED) is 0.680. The molecule has 0 bridgehead atoms. The van der Waals surface area contributed by atoms with Gasteiger partial charge in [0, 0.05) is 5.69 Å². The Bertz CT molecular complexity index is 1070. The smallest absolute Gasteiger partial charge is 0.337 e. The first-order chi connectivity index (χ1) is 14.7. The first kappa shape index (κ1) is 22.5. The lowest BCUT2D eigenvalue weighted by Crippen LogP contribution is -2.47. The molecular formula is C22H23NO7S. The molecule has 3 rings (SSSR count). The van der Waals surface area contributed by atoms with Crippen molar-refractivity contribution in [2.75, 3.05) is 19.5 Å². The number of carbonyl (C=O) groups excluding carboxylic acids is 3. The summed E-state index contributed by atoms with van der Waals surface area (Å²) in [5, 5.41) is 2.61. The summed E-state index contributed by atoms with van der Waals surface area (Å²) in [6.45, 7) is 0. The Morgan fingerprint density at radius 2 is 1.39 bits per heavy atom. The molecule has 1 aliphatic rings. The van der Waals surface area contributed by atoms with Gasteiger partial charge in [-0.05, 0) is 43.2 Å². The fourth-order valence-corrected chi connectivity index (χ4v) is 5.89. The van der Waals surface area contributed by atoms with Gasteiger partial charge in [-0.25, -0.2) is 18.0 Å². The number of amides is 1. The van der Waals surface area contributed by atoms with Crippen molar-refractivity contribution in [3.05, 3.63) is 59.7 Å². The molecule has 9 heteroatoms. The highest BCUT2D eigenvalue weighted by atomic mass is 32.2. The number of ether oxygens (including phenoxy) is 2. The van der Waals surface area contributed by atoms with E-state index in [9.17, 15) is 22.8 Å². The summed E-state index contributed by atoms with van der Waals surface area (Å²) < 4.78 is 34.6. The van der Waals surface area contributed by atoms with Gasteiger partial charge in [0.2, 0.25) is 5.91 Å². The van der Waals surface area contributed by atoms with Crippen LogP contribution >= 0.6 is 0 Å². The van der Waals surface area contributed by atoms with Crippen LogP contribution in [0.15, 0.2) is 53.4 Å². The highest BCUT2D eigenvalue weighted by molar-refractivity contribution is 7.93. The van der Waals surface area contributed by atoms with E-state index >= 15 is 0 Å². The van der Waals surface area contributed by atoms with Crippen LogP contribution in [0.4, 0.5) is 5.69 Å². The summed E-state index contributed by atoms with van der Waals surface area (Å²) in [7, 11) is -1.61. The second-order valence-corrected chi connectivity index (χ2v) is 9.51. The number of hydrogen-bond donors (Lipinski definition) is 1. The Morgan fingerprint density at radius 1 is 0.871 bits per heavy atom. The average molecular weight is 445 g/mol. The van der Waals surface area contributed by atoms with Crippen molar-refractivity contribution >= 4 is 33.4 Å². The van der Waals surface area contributed by atoms with Gasteiger partial charge in [0.1, 0.15) is 0 Å². The van der Waals surface area contributed by atoms with E-state index in [1.165, 1.54) is 44.6 Å². The van der Waals surface area contributed by atoms with Crippen LogP contribution in [0, 0.1) is 0 Å². The molecule has 1 amide bonds. The fourth-order valence-electron chi connectivity index (χ4n) is 3.81. The molecule has 0 atom stereocenters. The van der Waals surface area contributed by atoms with Crippen molar-refractivity contribution in [2.24, 2.45) is 0 Å². The molecule has 1 saturated carbocycles. The van der Waals surface area contributed by atoms with Crippen molar-refractivity contribution in [3.8, 4) is 0 Å². The van der Waals surface area contributed by atoms with Crippen LogP contribution in [0.3, 0.4) is 0 Å². The number of methoxy groups -OCH3 is 2. The molecule has 0 unspecified atom stereocenters. The molecule has 1 aliphatic carbocycles. The van der Waals surface area contributed by atoms with Crippen LogP contribution in [0.2, 0.25) is 0 Å². The molecule has 2 aromatic carbocycles. The summed E-state index contributed by atoms with van der Waals surface area (Å²) in [6, 6.07) is 11.8. The van der Waals surface area contributed by atoms with Gasteiger partial charge in [-0.1, -0.05) is 31.0 Å². The topological polar surface area (TPSA) is 116 Å². The van der Waals surface area contributed by atoms with Crippen molar-refractivity contribution in [3.63, 3.8) is 0 Å². The summed E-state index contributed by atoms with van der Waals surface area (Å²) in [5.74, 6) is -2.13. The number of benzene rings is 2. The number of rotatable bonds is 6. The zero-order chi connectivity index (χ0) is 22.6. The van der Waals surface area contributed by atoms with E-state index in [0.717, 1.165) is 0 Å². The highest BCUT2D eigenvalue weighted by Crippen LogP contribution is 2.41. The van der Waals surface area contributed by atoms with Gasteiger partial charge in [0.05, 0.1) is 30.2 Å². The molecule has 2 aromatic rings. The van der Waals surface area contributed by atoms with E-state index in [4.69, 9.17) is 9.47 Å². The predicted octanol–water partition coefficient (Wildman–Crippen LogP) is 2.99. The Morgan fingerprint density at radius 3 is 1.87 bits per heavy atom. The third-order valence-corrected chi connectivity index (χ3v) is 7.94. The fraction of sp³-hybridized carbons (Fsp3) is 0.318. The SMILES string of the molecule is COC(=O)c1cc(NC(=O)C2(S(=O)(=O)c3ccccc3)CCCC2)cc(C(=O)OC)c1. The van der Waals surface area contributed by atoms with Gasteiger partial charge in [-0.3, -0.25) is 4.79 Å². The van der Waals surface area contributed by atoms with Crippen molar-refractivity contribution in [1.82, 2.24) is 0 Å². The van der Waals surface area contributed by atoms with E-state index in [1.54, 1.807) is 18.2 Å². The number of nitrogens with one attached hydrogen (secondary N) is 1. The summed E-state index contributed by atoms with van der Waals surface area (Å²) in [6.07, 6.45) is 1.54. The second kappa shape index (κ2) is 8.89. The number of sulfone groups is 1. The molecule has 164 valence electrons. The molecule has 0 heterocycles. The lowest BCUT2D eigenvalue weighted by Gasteiger charge is -2.27. The standard InChI is InChI=1S/C22H23NO7S/c1-29-19(24)15-12-16(20(25)30-2)14-17(13-15)23-21(26)22(10-6-7-11-22)31(27,28)18-8-4-3-5-9-18/h3-5,8-9,12-14H,6-7,10-11H2,1-2H3,(H,23,26). The van der Waals surface area contributed by atoms with Gasteiger partial charge in [0.25, 0.3) is 0 Å². The lowest BCUT2D eigenvalue weighted by molar-refractivity contribution is -0.118. The van der Waals surface area contributed by atoms with E-state index in [1.807, 2.05) is 0 Å². The molecule has 1 fully saturated rings. The Balaban J connectivity index is 2.02. The Labute approximate surface area is 180 Å². The largest absolute Gasteiger partial charge is 0.465 e. The molecule has 0 spiro atoms. The predicted molar refractivity (Wildman–Crippen MR) is 113 cm³/mol. The van der Waals surface area contributed by atoms with E-state index in [-0.39, 0.29) is 34.6 Å². The van der Waals surface area contributed by atoms with Crippen molar-refractivity contribution in [2.45, 2.75) is 35.3 Å². The lowest BCUT2D eigenvalue weighted by atomic mass is 10.0. The number of esters is 2. The Hall–Kier alpha value is -3.20. The second-order valence-electron chi connectivity index (χ2n) is 7.25. The maximum absolute atomic E-state index is 13.4. The number of hydrogen-bond acceptors (Lipinski definition) is 7. The van der Waals surface area contributed by atoms with Crippen molar-refractivity contribution in [1.29, 1.82) is 0 Å². The van der Waals surface area contributed by atoms with E-state index in [0.29, 0.717) is 12.8 Å². The van der Waals surface area contributed by atoms with Gasteiger partial charge in [-0.15, -0.1) is 0 Å². The van der Waals surface area contributed by atoms with Crippen LogP contribution < -0.4 is 5.32 Å². The molecule has 0 aromatic heterocycles. The minimum Gasteiger partial charge on any atom is -0.465 e. The minimum absolute atomic E-state index is 0.0205. The third-order valence-electron chi connectivity index (χ3n) is 5.43. The van der Waals surface area contributed by atoms with Crippen molar-refractivity contribution < 1.29 is 32.3 Å². The number of anilines is 1. The maximum atomic E-state index is 13.4. The molecule has 8 nitrogen and oxygen atoms in total. The normalized spacial score (nSPS) is 15.2. The van der Waals surface area contributed by atoms with Crippen LogP contribution in [-0.2, 0) is 24.1 Å². The summed E-state index contributed by atoms with van der Waals surface area (Å²) in [4.78, 5) is 37.4. The Kier molecular flexibility index (Phi) is 6.45. The molecule has 0 saturated heterocycles. The first-order valence-corrected chi connectivity index (χ1v) is 11.2. The van der Waals surface area contributed by atoms with Crippen LogP contribution in [-0.4, -0.2) is 45.2 Å². The average Bonchev–Trinajstić information content (AvgIpc) is 3.30. The summed E-state index contributed by atoms with van der Waals surface area (Å²) >= 11 is 0. The van der Waals surface area contributed by atoms with E-state index in [2.05, 4.69) is 5.32 Å². The monoisotopic (exact) mass is 445 g/mol. The van der Waals surface area contributed by atoms with Crippen LogP contribution in [0.1, 0.15) is 46.4 Å². The number of carbonyl (C=O) groups is 3. The van der Waals surface area contributed by atoms with Crippen LogP contribution in [0.5, 0.6) is 0 Å². The van der Waals surface area contributed by atoms with Crippen LogP contribution in [0.25, 0.3) is 0 Å². The molecular weight excluding hydrogens is 422 g/mol. The molecule has 31 heavy (non-hydrogen) atoms. The zero-order valence-electron chi connectivity index (χ0n) is 17.2. The van der Waals surface area contributed by atoms with Gasteiger partial charge >= 0.3 is 11.9 Å². The van der Waals surface area contributed by atoms with Gasteiger partial charge in [-0.2, -0.15) is 0 Å².